The highest BCUT2D eigenvalue weighted by Crippen LogP contribution is 2.21. The second-order valence-electron chi connectivity index (χ2n) is 4.46. The molecule has 0 bridgehead atoms. The molecule has 0 spiro atoms. The van der Waals surface area contributed by atoms with Crippen molar-refractivity contribution >= 4 is 10.0 Å². The number of halogens is 2. The highest BCUT2D eigenvalue weighted by Gasteiger charge is 2.22. The van der Waals surface area contributed by atoms with E-state index in [9.17, 15) is 22.0 Å². The van der Waals surface area contributed by atoms with Crippen LogP contribution in [0.15, 0.2) is 39.1 Å². The van der Waals surface area contributed by atoms with Crippen molar-refractivity contribution in [1.82, 2.24) is 8.54 Å². The zero-order valence-electron chi connectivity index (χ0n) is 12.4. The fraction of sp³-hybridized carbons (Fsp3) is 0.231. The molecule has 0 radical (unpaired) electrons. The molecule has 0 amide bonds. The molecule has 7 nitrogen and oxygen atoms in total. The van der Waals surface area contributed by atoms with Crippen molar-refractivity contribution in [2.45, 2.75) is 4.90 Å². The third-order valence-electron chi connectivity index (χ3n) is 3.13. The van der Waals surface area contributed by atoms with Gasteiger partial charge in [-0.05, 0) is 18.2 Å². The van der Waals surface area contributed by atoms with Gasteiger partial charge in [0, 0.05) is 14.1 Å². The Morgan fingerprint density at radius 3 is 2.39 bits per heavy atom. The lowest BCUT2D eigenvalue weighted by Gasteiger charge is -2.11. The fourth-order valence-electron chi connectivity index (χ4n) is 1.96. The smallest absolute Gasteiger partial charge is 0.343 e. The molecule has 10 heteroatoms. The molecule has 0 atom stereocenters. The third kappa shape index (κ3) is 2.77. The average Bonchev–Trinajstić information content (AvgIpc) is 2.51. The summed E-state index contributed by atoms with van der Waals surface area (Å²) in [6.45, 7) is 0. The summed E-state index contributed by atoms with van der Waals surface area (Å²) in [6.07, 6.45) is 0.502. The monoisotopic (exact) mass is 345 g/mol. The minimum atomic E-state index is -4.48. The fourth-order valence-corrected chi connectivity index (χ4v) is 3.24. The summed E-state index contributed by atoms with van der Waals surface area (Å²) in [4.78, 5) is 15.2. The van der Waals surface area contributed by atoms with Gasteiger partial charge in [-0.15, -0.1) is 0 Å². The van der Waals surface area contributed by atoms with Crippen molar-refractivity contribution in [2.75, 3.05) is 14.2 Å². The number of ether oxygens (including phenoxy) is 1. The van der Waals surface area contributed by atoms with Crippen LogP contribution in [0.4, 0.5) is 8.78 Å². The largest absolute Gasteiger partial charge is 0.494 e. The van der Waals surface area contributed by atoms with Crippen molar-refractivity contribution in [3.05, 3.63) is 52.0 Å². The number of aromatic nitrogens is 2. The van der Waals surface area contributed by atoms with Crippen molar-refractivity contribution < 1.29 is 21.9 Å². The maximum Gasteiger partial charge on any atom is 0.343 e. The Balaban J connectivity index is 2.76. The molecular weight excluding hydrogens is 332 g/mol. The number of benzene rings is 1. The number of hydrogen-bond donors (Lipinski definition) is 0. The van der Waals surface area contributed by atoms with Gasteiger partial charge < -0.3 is 4.74 Å². The summed E-state index contributed by atoms with van der Waals surface area (Å²) in [5.41, 5.74) is -1.34. The predicted octanol–water partition coefficient (Wildman–Crippen LogP) is 0.241. The van der Waals surface area contributed by atoms with Crippen LogP contribution < -0.4 is 15.9 Å². The molecule has 0 aliphatic heterocycles. The van der Waals surface area contributed by atoms with E-state index in [-0.39, 0.29) is 15.2 Å². The minimum Gasteiger partial charge on any atom is -0.494 e. The van der Waals surface area contributed by atoms with Crippen LogP contribution in [0.3, 0.4) is 0 Å². The van der Waals surface area contributed by atoms with E-state index in [1.807, 2.05) is 0 Å². The van der Waals surface area contributed by atoms with Crippen LogP contribution in [0.1, 0.15) is 0 Å². The van der Waals surface area contributed by atoms with Gasteiger partial charge in [0.2, 0.25) is 0 Å². The van der Waals surface area contributed by atoms with Gasteiger partial charge >= 0.3 is 5.69 Å². The molecule has 1 aromatic carbocycles. The summed E-state index contributed by atoms with van der Waals surface area (Å²) >= 11 is 0. The number of rotatable bonds is 3. The SMILES string of the molecule is C/N=c1\c(F)cn(S(=O)(=O)c2ccc(OC)c(F)c2)c(=O)n1C. The van der Waals surface area contributed by atoms with Crippen molar-refractivity contribution in [3.8, 4) is 5.75 Å². The molecular formula is C13H13F2N3O4S. The van der Waals surface area contributed by atoms with E-state index in [0.717, 1.165) is 16.7 Å². The lowest BCUT2D eigenvalue weighted by molar-refractivity contribution is 0.385. The Bertz CT molecular complexity index is 993. The van der Waals surface area contributed by atoms with Gasteiger partial charge in [-0.3, -0.25) is 9.56 Å². The predicted molar refractivity (Wildman–Crippen MR) is 76.7 cm³/mol. The molecule has 2 rings (SSSR count). The highest BCUT2D eigenvalue weighted by molar-refractivity contribution is 7.90. The van der Waals surface area contributed by atoms with Crippen LogP contribution in [-0.2, 0) is 17.1 Å². The average molecular weight is 345 g/mol. The van der Waals surface area contributed by atoms with Gasteiger partial charge in [0.05, 0.1) is 18.2 Å². The number of methoxy groups -OCH3 is 1. The van der Waals surface area contributed by atoms with Crippen LogP contribution in [0, 0.1) is 11.6 Å². The van der Waals surface area contributed by atoms with E-state index in [2.05, 4.69) is 4.99 Å². The number of hydrogen-bond acceptors (Lipinski definition) is 5. The van der Waals surface area contributed by atoms with Gasteiger partial charge in [0.15, 0.2) is 22.9 Å². The topological polar surface area (TPSA) is 82.7 Å². The molecule has 1 aromatic heterocycles. The summed E-state index contributed by atoms with van der Waals surface area (Å²) in [6, 6.07) is 2.84. The molecule has 0 saturated heterocycles. The minimum absolute atomic E-state index is 0.159. The summed E-state index contributed by atoms with van der Waals surface area (Å²) in [5, 5.41) is 0. The molecule has 0 saturated carbocycles. The number of nitrogens with zero attached hydrogens (tertiary/aromatic N) is 3. The second kappa shape index (κ2) is 5.95. The Labute approximate surface area is 130 Å². The van der Waals surface area contributed by atoms with Crippen LogP contribution in [0.5, 0.6) is 5.75 Å². The Kier molecular flexibility index (Phi) is 4.37. The van der Waals surface area contributed by atoms with Gasteiger partial charge in [0.25, 0.3) is 10.0 Å². The van der Waals surface area contributed by atoms with Gasteiger partial charge in [-0.1, -0.05) is 0 Å². The van der Waals surface area contributed by atoms with Gasteiger partial charge in [-0.2, -0.15) is 3.97 Å². The van der Waals surface area contributed by atoms with Gasteiger partial charge in [0.1, 0.15) is 0 Å². The van der Waals surface area contributed by atoms with E-state index in [4.69, 9.17) is 4.74 Å². The normalized spacial score (nSPS) is 12.5. The van der Waals surface area contributed by atoms with Crippen LogP contribution >= 0.6 is 0 Å². The molecule has 0 fully saturated rings. The summed E-state index contributed by atoms with van der Waals surface area (Å²) < 4.78 is 58.1. The molecule has 0 aliphatic carbocycles. The first-order valence-corrected chi connectivity index (χ1v) is 7.68. The van der Waals surface area contributed by atoms with Gasteiger partial charge in [-0.25, -0.2) is 22.0 Å². The first-order chi connectivity index (χ1) is 10.7. The second-order valence-corrected chi connectivity index (χ2v) is 6.28. The van der Waals surface area contributed by atoms with Crippen LogP contribution in [0.25, 0.3) is 0 Å². The Morgan fingerprint density at radius 1 is 1.22 bits per heavy atom. The summed E-state index contributed by atoms with van der Waals surface area (Å²) in [7, 11) is -0.825. The molecule has 0 N–H and O–H groups in total. The lowest BCUT2D eigenvalue weighted by Crippen LogP contribution is -2.42. The molecule has 0 aliphatic rings. The van der Waals surface area contributed by atoms with Crippen molar-refractivity contribution in [3.63, 3.8) is 0 Å². The first-order valence-electron chi connectivity index (χ1n) is 6.24. The van der Waals surface area contributed by atoms with E-state index in [1.165, 1.54) is 21.2 Å². The zero-order chi connectivity index (χ0) is 17.4. The molecule has 23 heavy (non-hydrogen) atoms. The molecule has 124 valence electrons. The van der Waals surface area contributed by atoms with Crippen LogP contribution in [0.2, 0.25) is 0 Å². The molecule has 1 heterocycles. The summed E-state index contributed by atoms with van der Waals surface area (Å²) in [5.74, 6) is -2.09. The Morgan fingerprint density at radius 2 is 1.87 bits per heavy atom. The highest BCUT2D eigenvalue weighted by atomic mass is 32.2. The van der Waals surface area contributed by atoms with Crippen molar-refractivity contribution in [1.29, 1.82) is 0 Å². The standard InChI is InChI=1S/C13H13F2N3O4S/c1-16-12-10(15)7-18(13(19)17(12)2)23(20,21)8-4-5-11(22-3)9(14)6-8/h4-7H,1-3H3/b16-12+. The van der Waals surface area contributed by atoms with E-state index < -0.39 is 32.2 Å². The molecule has 2 aromatic rings. The van der Waals surface area contributed by atoms with E-state index in [1.54, 1.807) is 0 Å². The van der Waals surface area contributed by atoms with Crippen LogP contribution in [-0.4, -0.2) is 31.1 Å². The quantitative estimate of drug-likeness (QED) is 0.798. The molecule has 0 unspecified atom stereocenters. The first kappa shape index (κ1) is 16.9. The third-order valence-corrected chi connectivity index (χ3v) is 4.76. The lowest BCUT2D eigenvalue weighted by atomic mass is 10.3. The van der Waals surface area contributed by atoms with Crippen molar-refractivity contribution in [2.24, 2.45) is 12.0 Å². The maximum atomic E-state index is 13.9. The maximum absolute atomic E-state index is 13.9. The zero-order valence-corrected chi connectivity index (χ0v) is 13.3. The van der Waals surface area contributed by atoms with E-state index >= 15 is 0 Å². The van der Waals surface area contributed by atoms with E-state index in [0.29, 0.717) is 12.3 Å². The Hall–Kier alpha value is -2.49.